The molecule has 1 aromatic carbocycles. The topological polar surface area (TPSA) is 36.9 Å². The van der Waals surface area contributed by atoms with Crippen LogP contribution in [0.15, 0.2) is 24.3 Å². The maximum absolute atomic E-state index is 5.66. The fourth-order valence-electron chi connectivity index (χ4n) is 1.54. The molecule has 0 fully saturated rings. The molecule has 0 saturated heterocycles. The molecule has 0 saturated carbocycles. The van der Waals surface area contributed by atoms with E-state index in [-0.39, 0.29) is 12.6 Å². The van der Waals surface area contributed by atoms with Gasteiger partial charge in [0.15, 0.2) is 24.1 Å². The zero-order chi connectivity index (χ0) is 13.4. The summed E-state index contributed by atoms with van der Waals surface area (Å²) in [6.45, 7) is 8.79. The highest BCUT2D eigenvalue weighted by molar-refractivity contribution is 5.39. The number of hydrogen-bond acceptors (Lipinski definition) is 4. The van der Waals surface area contributed by atoms with E-state index in [1.165, 1.54) is 0 Å². The van der Waals surface area contributed by atoms with Crippen LogP contribution in [0.5, 0.6) is 11.5 Å². The van der Waals surface area contributed by atoms with Crippen molar-refractivity contribution in [3.05, 3.63) is 24.3 Å². The standard InChI is InChI=1S/C14H22O4/c1-5-15-11(3)17-13-9-7-8-10-14(13)18-12(4)16-6-2/h7-12H,5-6H2,1-4H3. The lowest BCUT2D eigenvalue weighted by Crippen LogP contribution is -2.19. The van der Waals surface area contributed by atoms with Crippen molar-refractivity contribution in [2.45, 2.75) is 40.3 Å². The molecule has 0 aliphatic heterocycles. The molecule has 0 amide bonds. The first kappa shape index (κ1) is 14.8. The molecule has 0 aliphatic rings. The summed E-state index contributed by atoms with van der Waals surface area (Å²) in [5.41, 5.74) is 0. The van der Waals surface area contributed by atoms with Crippen LogP contribution < -0.4 is 9.47 Å². The average Bonchev–Trinajstić information content (AvgIpc) is 2.32. The average molecular weight is 254 g/mol. The number of para-hydroxylation sites is 2. The van der Waals surface area contributed by atoms with Gasteiger partial charge in [-0.15, -0.1) is 0 Å². The predicted octanol–water partition coefficient (Wildman–Crippen LogP) is 3.21. The van der Waals surface area contributed by atoms with Gasteiger partial charge in [0.05, 0.1) is 0 Å². The van der Waals surface area contributed by atoms with Crippen LogP contribution in [0.3, 0.4) is 0 Å². The largest absolute Gasteiger partial charge is 0.461 e. The number of rotatable bonds is 8. The third-order valence-corrected chi connectivity index (χ3v) is 2.24. The molecular weight excluding hydrogens is 232 g/mol. The molecule has 2 unspecified atom stereocenters. The van der Waals surface area contributed by atoms with E-state index in [4.69, 9.17) is 18.9 Å². The Morgan fingerprint density at radius 2 is 1.22 bits per heavy atom. The first-order valence-electron chi connectivity index (χ1n) is 6.32. The molecule has 18 heavy (non-hydrogen) atoms. The van der Waals surface area contributed by atoms with E-state index in [1.54, 1.807) is 0 Å². The summed E-state index contributed by atoms with van der Waals surface area (Å²) in [4.78, 5) is 0. The van der Waals surface area contributed by atoms with Crippen molar-refractivity contribution < 1.29 is 18.9 Å². The molecule has 102 valence electrons. The van der Waals surface area contributed by atoms with Crippen LogP contribution in [0, 0.1) is 0 Å². The van der Waals surface area contributed by atoms with Crippen molar-refractivity contribution in [3.8, 4) is 11.5 Å². The van der Waals surface area contributed by atoms with Gasteiger partial charge < -0.3 is 18.9 Å². The normalized spacial score (nSPS) is 14.0. The van der Waals surface area contributed by atoms with Crippen LogP contribution in [0.4, 0.5) is 0 Å². The molecule has 0 heterocycles. The first-order valence-corrected chi connectivity index (χ1v) is 6.32. The molecule has 0 aliphatic carbocycles. The SMILES string of the molecule is CCOC(C)Oc1ccccc1OC(C)OCC. The van der Waals surface area contributed by atoms with Crippen molar-refractivity contribution in [2.75, 3.05) is 13.2 Å². The minimum Gasteiger partial charge on any atom is -0.461 e. The summed E-state index contributed by atoms with van der Waals surface area (Å²) in [7, 11) is 0. The third-order valence-electron chi connectivity index (χ3n) is 2.24. The van der Waals surface area contributed by atoms with E-state index in [0.717, 1.165) is 0 Å². The molecule has 0 aromatic heterocycles. The number of hydrogen-bond donors (Lipinski definition) is 0. The molecule has 4 nitrogen and oxygen atoms in total. The van der Waals surface area contributed by atoms with Gasteiger partial charge in [0.1, 0.15) is 0 Å². The molecule has 0 spiro atoms. The second kappa shape index (κ2) is 7.95. The molecule has 2 atom stereocenters. The van der Waals surface area contributed by atoms with Gasteiger partial charge in [0, 0.05) is 13.2 Å². The van der Waals surface area contributed by atoms with E-state index in [0.29, 0.717) is 24.7 Å². The van der Waals surface area contributed by atoms with Crippen molar-refractivity contribution in [1.29, 1.82) is 0 Å². The van der Waals surface area contributed by atoms with E-state index >= 15 is 0 Å². The summed E-state index contributed by atoms with van der Waals surface area (Å²) in [5, 5.41) is 0. The van der Waals surface area contributed by atoms with E-state index in [2.05, 4.69) is 0 Å². The summed E-state index contributed by atoms with van der Waals surface area (Å²) in [6.07, 6.45) is -0.607. The highest BCUT2D eigenvalue weighted by Crippen LogP contribution is 2.28. The van der Waals surface area contributed by atoms with Gasteiger partial charge in [-0.25, -0.2) is 0 Å². The van der Waals surface area contributed by atoms with Crippen LogP contribution >= 0.6 is 0 Å². The fraction of sp³-hybridized carbons (Fsp3) is 0.571. The van der Waals surface area contributed by atoms with Gasteiger partial charge in [-0.2, -0.15) is 0 Å². The van der Waals surface area contributed by atoms with Crippen LogP contribution in [-0.4, -0.2) is 25.8 Å². The first-order chi connectivity index (χ1) is 8.67. The van der Waals surface area contributed by atoms with Crippen molar-refractivity contribution in [1.82, 2.24) is 0 Å². The quantitative estimate of drug-likeness (QED) is 0.667. The zero-order valence-electron chi connectivity index (χ0n) is 11.5. The predicted molar refractivity (Wildman–Crippen MR) is 69.9 cm³/mol. The smallest absolute Gasteiger partial charge is 0.197 e. The van der Waals surface area contributed by atoms with Crippen LogP contribution in [0.2, 0.25) is 0 Å². The van der Waals surface area contributed by atoms with Crippen LogP contribution in [-0.2, 0) is 9.47 Å². The highest BCUT2D eigenvalue weighted by atomic mass is 16.7. The summed E-state index contributed by atoms with van der Waals surface area (Å²) >= 11 is 0. The number of ether oxygens (including phenoxy) is 4. The molecule has 0 radical (unpaired) electrons. The summed E-state index contributed by atoms with van der Waals surface area (Å²) < 4.78 is 22.0. The zero-order valence-corrected chi connectivity index (χ0v) is 11.5. The van der Waals surface area contributed by atoms with Gasteiger partial charge in [-0.1, -0.05) is 12.1 Å². The lowest BCUT2D eigenvalue weighted by molar-refractivity contribution is -0.0766. The fourth-order valence-corrected chi connectivity index (χ4v) is 1.54. The molecule has 1 rings (SSSR count). The Morgan fingerprint density at radius 1 is 0.833 bits per heavy atom. The maximum Gasteiger partial charge on any atom is 0.197 e. The van der Waals surface area contributed by atoms with Crippen molar-refractivity contribution in [2.24, 2.45) is 0 Å². The van der Waals surface area contributed by atoms with E-state index < -0.39 is 0 Å². The Kier molecular flexibility index (Phi) is 6.54. The second-order valence-corrected chi connectivity index (χ2v) is 3.73. The van der Waals surface area contributed by atoms with Gasteiger partial charge in [0.2, 0.25) is 0 Å². The van der Waals surface area contributed by atoms with Gasteiger partial charge in [-0.3, -0.25) is 0 Å². The van der Waals surface area contributed by atoms with Gasteiger partial charge in [-0.05, 0) is 39.8 Å². The van der Waals surface area contributed by atoms with E-state index in [9.17, 15) is 0 Å². The Hall–Kier alpha value is -1.26. The van der Waals surface area contributed by atoms with Gasteiger partial charge in [0.25, 0.3) is 0 Å². The Labute approximate surface area is 109 Å². The van der Waals surface area contributed by atoms with E-state index in [1.807, 2.05) is 52.0 Å². The summed E-state index contributed by atoms with van der Waals surface area (Å²) in [6, 6.07) is 7.49. The van der Waals surface area contributed by atoms with Crippen LogP contribution in [0.25, 0.3) is 0 Å². The lowest BCUT2D eigenvalue weighted by atomic mass is 10.3. The summed E-state index contributed by atoms with van der Waals surface area (Å²) in [5.74, 6) is 1.31. The highest BCUT2D eigenvalue weighted by Gasteiger charge is 2.11. The maximum atomic E-state index is 5.66. The molecule has 0 N–H and O–H groups in total. The van der Waals surface area contributed by atoms with Crippen LogP contribution in [0.1, 0.15) is 27.7 Å². The Morgan fingerprint density at radius 3 is 1.56 bits per heavy atom. The van der Waals surface area contributed by atoms with Crippen molar-refractivity contribution >= 4 is 0 Å². The number of benzene rings is 1. The monoisotopic (exact) mass is 254 g/mol. The molecule has 4 heteroatoms. The van der Waals surface area contributed by atoms with Gasteiger partial charge >= 0.3 is 0 Å². The second-order valence-electron chi connectivity index (χ2n) is 3.73. The Balaban J connectivity index is 2.66. The Bertz CT molecular complexity index is 307. The van der Waals surface area contributed by atoms with Crippen molar-refractivity contribution in [3.63, 3.8) is 0 Å². The minimum atomic E-state index is -0.304. The molecule has 1 aromatic rings. The minimum absolute atomic E-state index is 0.304. The molecule has 0 bridgehead atoms. The lowest BCUT2D eigenvalue weighted by Gasteiger charge is -2.19. The third kappa shape index (κ3) is 4.94. The molecular formula is C14H22O4.